The summed E-state index contributed by atoms with van der Waals surface area (Å²) in [6.45, 7) is 26.3. The summed E-state index contributed by atoms with van der Waals surface area (Å²) in [6.07, 6.45) is 0.336. The number of aromatic nitrogens is 3. The first-order chi connectivity index (χ1) is 36.6. The molecule has 1 aliphatic rings. The second-order valence-corrected chi connectivity index (χ2v) is 23.7. The van der Waals surface area contributed by atoms with Crippen LogP contribution in [0.25, 0.3) is 82.1 Å². The predicted molar refractivity (Wildman–Crippen MR) is 317 cm³/mol. The van der Waals surface area contributed by atoms with Crippen LogP contribution in [0.15, 0.2) is 170 Å². The van der Waals surface area contributed by atoms with Crippen molar-refractivity contribution < 1.29 is 28.5 Å². The van der Waals surface area contributed by atoms with Crippen LogP contribution >= 0.6 is 0 Å². The molecule has 0 atom stereocenters. The number of ether oxygens (including phenoxy) is 1. The maximum Gasteiger partial charge on any atom is 0.135 e. The molecule has 384 valence electrons. The SMILES string of the molecule is [2H]C([2H])(c1cc(-c2cccc3c4ccccc4c4ccc(C(C)(C)C)cc4c4cccc5c4n(c23)[CH-]N5c2[c-]c(Oc3[c-]c4c(cc3)c3ccccc3n4-c3cc(C(C)(C)C)ccn3)ccc2)cc(C(C)(C)C)c1)C(C)C.[Pt]. The third kappa shape index (κ3) is 9.01. The molecule has 8 aromatic carbocycles. The van der Waals surface area contributed by atoms with Crippen molar-refractivity contribution in [3.05, 3.63) is 211 Å². The van der Waals surface area contributed by atoms with Gasteiger partial charge in [-0.15, -0.1) is 35.7 Å². The Hall–Kier alpha value is -7.33. The Kier molecular flexibility index (Phi) is 12.1. The molecular formula is C70H65N4OPt-3. The molecule has 6 heteroatoms. The normalized spacial score (nSPS) is 13.4. The zero-order chi connectivity index (χ0) is 53.9. The van der Waals surface area contributed by atoms with Gasteiger partial charge in [-0.25, -0.2) is 4.98 Å². The average Bonchev–Trinajstić information content (AvgIpc) is 4.19. The molecular weight excluding hydrogens is 1110 g/mol. The number of para-hydroxylation sites is 3. The van der Waals surface area contributed by atoms with Crippen LogP contribution in [-0.4, -0.2) is 14.1 Å². The molecule has 1 aliphatic heterocycles. The van der Waals surface area contributed by atoms with Crippen molar-refractivity contribution in [1.82, 2.24) is 14.1 Å². The number of nitrogens with zero attached hydrogens (tertiary/aromatic N) is 4. The van der Waals surface area contributed by atoms with E-state index in [0.717, 1.165) is 99.0 Å². The van der Waals surface area contributed by atoms with Gasteiger partial charge in [-0.3, -0.25) is 0 Å². The van der Waals surface area contributed by atoms with E-state index in [1.54, 1.807) is 0 Å². The summed E-state index contributed by atoms with van der Waals surface area (Å²) in [6, 6.07) is 65.8. The van der Waals surface area contributed by atoms with E-state index in [1.807, 2.05) is 38.2 Å². The van der Waals surface area contributed by atoms with Gasteiger partial charge in [-0.1, -0.05) is 197 Å². The van der Waals surface area contributed by atoms with Gasteiger partial charge in [0.2, 0.25) is 0 Å². The fraction of sp³-hybridized carbons (Fsp3) is 0.229. The van der Waals surface area contributed by atoms with Gasteiger partial charge in [-0.05, 0) is 142 Å². The molecule has 0 fully saturated rings. The molecule has 0 bridgehead atoms. The van der Waals surface area contributed by atoms with Gasteiger partial charge in [0.15, 0.2) is 0 Å². The standard InChI is InChI=1S/C70H65N4O.Pt/c1-44(2)35-45-36-46(38-49(37-45)70(9,10)11)53-24-17-25-59-55-22-13-12-21-54(55)56-31-29-47(68(3,4)5)39-61(56)60-26-18-28-63-67(60)73(66(53)59)43-72(63)50-19-16-20-51(41-50)75-52-30-32-58-57-23-14-15-27-62(57)74(64(58)42-52)65-40-48(33-34-71-65)69(6,7)8;/h12-34,36-40,43-44H,35H2,1-11H3;/q-3;/i35D2;. The van der Waals surface area contributed by atoms with Gasteiger partial charge in [0, 0.05) is 52.7 Å². The molecule has 12 rings (SSSR count). The third-order valence-electron chi connectivity index (χ3n) is 14.9. The van der Waals surface area contributed by atoms with Gasteiger partial charge >= 0.3 is 0 Å². The van der Waals surface area contributed by atoms with Gasteiger partial charge in [0.1, 0.15) is 5.82 Å². The van der Waals surface area contributed by atoms with Gasteiger partial charge in [0.25, 0.3) is 0 Å². The van der Waals surface area contributed by atoms with E-state index in [0.29, 0.717) is 17.1 Å². The van der Waals surface area contributed by atoms with Crippen molar-refractivity contribution in [3.8, 4) is 28.4 Å². The van der Waals surface area contributed by atoms with Crippen LogP contribution in [0.1, 0.15) is 101 Å². The Bertz CT molecular complexity index is 4260. The number of hydrogen-bond donors (Lipinski definition) is 0. The van der Waals surface area contributed by atoms with Crippen LogP contribution in [-0.2, 0) is 43.7 Å². The molecule has 0 saturated carbocycles. The van der Waals surface area contributed by atoms with Gasteiger partial charge in [0.05, 0.1) is 0 Å². The van der Waals surface area contributed by atoms with Crippen molar-refractivity contribution in [3.63, 3.8) is 0 Å². The number of rotatable bonds is 7. The summed E-state index contributed by atoms with van der Waals surface area (Å²) in [7, 11) is 0. The fourth-order valence-electron chi connectivity index (χ4n) is 11.0. The quantitative estimate of drug-likeness (QED) is 0.149. The van der Waals surface area contributed by atoms with Gasteiger partial charge < -0.3 is 18.8 Å². The van der Waals surface area contributed by atoms with Crippen LogP contribution in [0.2, 0.25) is 0 Å². The van der Waals surface area contributed by atoms with E-state index in [1.165, 1.54) is 11.1 Å². The van der Waals surface area contributed by atoms with Crippen molar-refractivity contribution >= 4 is 76.5 Å². The molecule has 0 N–H and O–H groups in total. The van der Waals surface area contributed by atoms with Crippen LogP contribution < -0.4 is 9.64 Å². The van der Waals surface area contributed by atoms with Crippen LogP contribution in [0, 0.1) is 24.7 Å². The molecule has 5 nitrogen and oxygen atoms in total. The minimum atomic E-state index is -1.56. The minimum absolute atomic E-state index is 0. The molecule has 0 radical (unpaired) electrons. The molecule has 76 heavy (non-hydrogen) atoms. The molecule has 0 saturated heterocycles. The molecule has 0 aliphatic carbocycles. The smallest absolute Gasteiger partial charge is 0.135 e. The summed E-state index contributed by atoms with van der Waals surface area (Å²) in [5.41, 5.74) is 11.6. The Morgan fingerprint density at radius 2 is 1.17 bits per heavy atom. The van der Waals surface area contributed by atoms with E-state index in [9.17, 15) is 2.74 Å². The average molecular weight is 1180 g/mol. The van der Waals surface area contributed by atoms with Crippen LogP contribution in [0.3, 0.4) is 0 Å². The third-order valence-corrected chi connectivity index (χ3v) is 14.9. The zero-order valence-corrected chi connectivity index (χ0v) is 47.6. The predicted octanol–water partition coefficient (Wildman–Crippen LogP) is 19.0. The summed E-state index contributed by atoms with van der Waals surface area (Å²) >= 11 is 0. The molecule has 4 heterocycles. The first kappa shape index (κ1) is 48.3. The molecule has 0 unspecified atom stereocenters. The second-order valence-electron chi connectivity index (χ2n) is 23.7. The Balaban J connectivity index is 0.00000645. The van der Waals surface area contributed by atoms with Gasteiger partial charge in [-0.2, -0.15) is 12.1 Å². The van der Waals surface area contributed by atoms with Crippen molar-refractivity contribution in [2.45, 2.75) is 98.8 Å². The first-order valence-electron chi connectivity index (χ1n) is 27.4. The molecule has 0 amide bonds. The minimum Gasteiger partial charge on any atom is -0.509 e. The number of pyridine rings is 1. The summed E-state index contributed by atoms with van der Waals surface area (Å²) < 4.78 is 30.3. The Labute approximate surface area is 465 Å². The zero-order valence-electron chi connectivity index (χ0n) is 47.3. The molecule has 0 spiro atoms. The first-order valence-corrected chi connectivity index (χ1v) is 26.4. The number of anilines is 2. The fourth-order valence-corrected chi connectivity index (χ4v) is 11.0. The number of hydrogen-bond acceptors (Lipinski definition) is 3. The van der Waals surface area contributed by atoms with E-state index >= 15 is 0 Å². The van der Waals surface area contributed by atoms with E-state index in [2.05, 4.69) is 241 Å². The number of fused-ring (bicyclic) bond motifs is 10. The maximum absolute atomic E-state index is 9.44. The van der Waals surface area contributed by atoms with Crippen molar-refractivity contribution in [2.75, 3.05) is 4.90 Å². The Morgan fingerprint density at radius 3 is 1.91 bits per heavy atom. The monoisotopic (exact) mass is 1170 g/mol. The molecule has 3 aromatic heterocycles. The second kappa shape index (κ2) is 19.0. The van der Waals surface area contributed by atoms with Crippen LogP contribution in [0.4, 0.5) is 11.4 Å². The van der Waals surface area contributed by atoms with Crippen molar-refractivity contribution in [2.24, 2.45) is 5.92 Å². The van der Waals surface area contributed by atoms with Crippen LogP contribution in [0.5, 0.6) is 11.5 Å². The van der Waals surface area contributed by atoms with Crippen molar-refractivity contribution in [1.29, 1.82) is 0 Å². The summed E-state index contributed by atoms with van der Waals surface area (Å²) in [5, 5.41) is 8.96. The largest absolute Gasteiger partial charge is 0.509 e. The number of benzene rings is 8. The topological polar surface area (TPSA) is 35.2 Å². The summed E-state index contributed by atoms with van der Waals surface area (Å²) in [5.74, 6) is 1.73. The summed E-state index contributed by atoms with van der Waals surface area (Å²) in [4.78, 5) is 7.14. The van der Waals surface area contributed by atoms with E-state index in [-0.39, 0.29) is 43.2 Å². The maximum atomic E-state index is 9.44. The van der Waals surface area contributed by atoms with E-state index in [4.69, 9.17) is 9.72 Å². The molecule has 11 aromatic rings. The van der Waals surface area contributed by atoms with E-state index < -0.39 is 6.37 Å². The Morgan fingerprint density at radius 1 is 0.553 bits per heavy atom.